The third-order valence-corrected chi connectivity index (χ3v) is 5.07. The van der Waals surface area contributed by atoms with Gasteiger partial charge in [0.15, 0.2) is 5.37 Å². The van der Waals surface area contributed by atoms with Crippen LogP contribution in [-0.2, 0) is 4.79 Å². The molecule has 1 fully saturated rings. The smallest absolute Gasteiger partial charge is 0.295 e. The average Bonchev–Trinajstić information content (AvgIpc) is 2.77. The van der Waals surface area contributed by atoms with Gasteiger partial charge < -0.3 is 5.32 Å². The Morgan fingerprint density at radius 3 is 2.05 bits per heavy atom. The molecule has 2 amide bonds. The van der Waals surface area contributed by atoms with Crippen molar-refractivity contribution in [3.63, 3.8) is 0 Å². The number of anilines is 2. The molecule has 0 spiro atoms. The maximum Gasteiger partial charge on any atom is 0.295 e. The predicted molar refractivity (Wildman–Crippen MR) is 96.2 cm³/mol. The normalized spacial score (nSPS) is 17.9. The standard InChI is InChI=1S/C15H10Br2N2O2S/c16-9-1-5-11(6-2-9)18-13-14(20)19(15(21)22-13)12-7-3-10(17)4-8-12/h1-8,13,18H/t13-/m0/s1. The molecule has 1 saturated heterocycles. The zero-order valence-electron chi connectivity index (χ0n) is 11.1. The molecular weight excluding hydrogens is 432 g/mol. The van der Waals surface area contributed by atoms with Crippen LogP contribution in [0.3, 0.4) is 0 Å². The van der Waals surface area contributed by atoms with Crippen molar-refractivity contribution in [2.75, 3.05) is 10.2 Å². The summed E-state index contributed by atoms with van der Waals surface area (Å²) in [5.41, 5.74) is 1.37. The Bertz CT molecular complexity index is 719. The third-order valence-electron chi connectivity index (χ3n) is 3.07. The summed E-state index contributed by atoms with van der Waals surface area (Å²) in [4.78, 5) is 25.8. The first-order valence-electron chi connectivity index (χ1n) is 6.37. The Balaban J connectivity index is 1.79. The minimum atomic E-state index is -0.614. The van der Waals surface area contributed by atoms with Gasteiger partial charge in [0.05, 0.1) is 5.69 Å². The lowest BCUT2D eigenvalue weighted by molar-refractivity contribution is -0.116. The highest BCUT2D eigenvalue weighted by Crippen LogP contribution is 2.33. The number of rotatable bonds is 3. The molecule has 1 N–H and O–H groups in total. The molecule has 22 heavy (non-hydrogen) atoms. The summed E-state index contributed by atoms with van der Waals surface area (Å²) >= 11 is 7.68. The number of hydrogen-bond acceptors (Lipinski definition) is 4. The number of nitrogens with zero attached hydrogens (tertiary/aromatic N) is 1. The van der Waals surface area contributed by atoms with Crippen LogP contribution >= 0.6 is 43.6 Å². The number of carbonyl (C=O) groups is 2. The van der Waals surface area contributed by atoms with E-state index in [0.29, 0.717) is 5.69 Å². The van der Waals surface area contributed by atoms with Gasteiger partial charge in [0.25, 0.3) is 11.1 Å². The molecule has 0 unspecified atom stereocenters. The number of thioether (sulfide) groups is 1. The zero-order chi connectivity index (χ0) is 15.7. The molecule has 0 saturated carbocycles. The van der Waals surface area contributed by atoms with Crippen LogP contribution in [0.1, 0.15) is 0 Å². The van der Waals surface area contributed by atoms with E-state index < -0.39 is 5.37 Å². The summed E-state index contributed by atoms with van der Waals surface area (Å²) in [5, 5.41) is 2.19. The van der Waals surface area contributed by atoms with Gasteiger partial charge in [-0.05, 0) is 60.3 Å². The summed E-state index contributed by atoms with van der Waals surface area (Å²) in [6.45, 7) is 0. The topological polar surface area (TPSA) is 49.4 Å². The van der Waals surface area contributed by atoms with Gasteiger partial charge in [-0.3, -0.25) is 9.59 Å². The van der Waals surface area contributed by atoms with Crippen molar-refractivity contribution in [1.82, 2.24) is 0 Å². The van der Waals surface area contributed by atoms with Crippen LogP contribution in [0.15, 0.2) is 57.5 Å². The molecule has 0 aliphatic carbocycles. The number of nitrogens with one attached hydrogen (secondary N) is 1. The number of amides is 2. The average molecular weight is 442 g/mol. The zero-order valence-corrected chi connectivity index (χ0v) is 15.1. The van der Waals surface area contributed by atoms with E-state index in [9.17, 15) is 9.59 Å². The molecule has 1 heterocycles. The largest absolute Gasteiger partial charge is 0.365 e. The Morgan fingerprint density at radius 2 is 1.45 bits per heavy atom. The van der Waals surface area contributed by atoms with Gasteiger partial charge >= 0.3 is 0 Å². The highest BCUT2D eigenvalue weighted by atomic mass is 79.9. The van der Waals surface area contributed by atoms with Crippen LogP contribution in [0.2, 0.25) is 0 Å². The lowest BCUT2D eigenvalue weighted by Crippen LogP contribution is -2.34. The molecular formula is C15H10Br2N2O2S. The van der Waals surface area contributed by atoms with Gasteiger partial charge in [-0.15, -0.1) is 0 Å². The fraction of sp³-hybridized carbons (Fsp3) is 0.0667. The molecule has 2 aromatic rings. The summed E-state index contributed by atoms with van der Waals surface area (Å²) in [6, 6.07) is 14.5. The minimum Gasteiger partial charge on any atom is -0.365 e. The Labute approximate surface area is 148 Å². The molecule has 112 valence electrons. The first-order valence-corrected chi connectivity index (χ1v) is 8.83. The van der Waals surface area contributed by atoms with Crippen LogP contribution in [0.5, 0.6) is 0 Å². The lowest BCUT2D eigenvalue weighted by atomic mass is 10.3. The third kappa shape index (κ3) is 3.21. The minimum absolute atomic E-state index is 0.264. The van der Waals surface area contributed by atoms with Crippen LogP contribution < -0.4 is 10.2 Å². The molecule has 1 atom stereocenters. The van der Waals surface area contributed by atoms with Crippen molar-refractivity contribution in [2.24, 2.45) is 0 Å². The van der Waals surface area contributed by atoms with Crippen molar-refractivity contribution in [3.8, 4) is 0 Å². The Kier molecular flexibility index (Phi) is 4.56. The SMILES string of the molecule is O=C1S[C@H](Nc2ccc(Br)cc2)C(=O)N1c1ccc(Br)cc1. The van der Waals surface area contributed by atoms with Gasteiger partial charge in [-0.1, -0.05) is 31.9 Å². The van der Waals surface area contributed by atoms with Gasteiger partial charge in [0.1, 0.15) is 0 Å². The summed E-state index contributed by atoms with van der Waals surface area (Å²) in [7, 11) is 0. The maximum absolute atomic E-state index is 12.5. The number of halogens is 2. The highest BCUT2D eigenvalue weighted by molar-refractivity contribution is 9.10. The molecule has 1 aliphatic heterocycles. The van der Waals surface area contributed by atoms with E-state index in [-0.39, 0.29) is 11.1 Å². The monoisotopic (exact) mass is 440 g/mol. The maximum atomic E-state index is 12.5. The van der Waals surface area contributed by atoms with Crippen molar-refractivity contribution in [3.05, 3.63) is 57.5 Å². The van der Waals surface area contributed by atoms with Crippen LogP contribution in [0, 0.1) is 0 Å². The molecule has 3 rings (SSSR count). The molecule has 0 radical (unpaired) electrons. The summed E-state index contributed by atoms with van der Waals surface area (Å²) in [6.07, 6.45) is 0. The van der Waals surface area contributed by atoms with E-state index in [0.717, 1.165) is 26.4 Å². The first kappa shape index (κ1) is 15.6. The van der Waals surface area contributed by atoms with Gasteiger partial charge in [-0.25, -0.2) is 4.90 Å². The fourth-order valence-corrected chi connectivity index (χ4v) is 3.45. The van der Waals surface area contributed by atoms with Crippen LogP contribution in [-0.4, -0.2) is 16.5 Å². The first-order chi connectivity index (χ1) is 10.5. The fourth-order valence-electron chi connectivity index (χ4n) is 2.02. The number of hydrogen-bond donors (Lipinski definition) is 1. The van der Waals surface area contributed by atoms with Gasteiger partial charge in [0, 0.05) is 14.6 Å². The van der Waals surface area contributed by atoms with Crippen LogP contribution in [0.4, 0.5) is 16.2 Å². The van der Waals surface area contributed by atoms with E-state index in [1.807, 2.05) is 24.3 Å². The summed E-state index contributed by atoms with van der Waals surface area (Å²) < 4.78 is 1.85. The second-order valence-electron chi connectivity index (χ2n) is 4.57. The van der Waals surface area contributed by atoms with Crippen molar-refractivity contribution in [2.45, 2.75) is 5.37 Å². The number of benzene rings is 2. The van der Waals surface area contributed by atoms with Crippen molar-refractivity contribution < 1.29 is 9.59 Å². The molecule has 2 aromatic carbocycles. The number of carbonyl (C=O) groups excluding carboxylic acids is 2. The second-order valence-corrected chi connectivity index (χ2v) is 7.45. The highest BCUT2D eigenvalue weighted by Gasteiger charge is 2.40. The number of imide groups is 1. The van der Waals surface area contributed by atoms with E-state index in [2.05, 4.69) is 37.2 Å². The van der Waals surface area contributed by atoms with E-state index >= 15 is 0 Å². The van der Waals surface area contributed by atoms with E-state index in [4.69, 9.17) is 0 Å². The molecule has 0 aromatic heterocycles. The molecule has 4 nitrogen and oxygen atoms in total. The molecule has 0 bridgehead atoms. The predicted octanol–water partition coefficient (Wildman–Crippen LogP) is 4.85. The molecule has 7 heteroatoms. The quantitative estimate of drug-likeness (QED) is 0.739. The second kappa shape index (κ2) is 6.44. The van der Waals surface area contributed by atoms with Crippen LogP contribution in [0.25, 0.3) is 0 Å². The summed E-state index contributed by atoms with van der Waals surface area (Å²) in [5.74, 6) is -0.264. The lowest BCUT2D eigenvalue weighted by Gasteiger charge is -2.15. The van der Waals surface area contributed by atoms with E-state index in [1.54, 1.807) is 24.3 Å². The Morgan fingerprint density at radius 1 is 0.909 bits per heavy atom. The molecule has 1 aliphatic rings. The van der Waals surface area contributed by atoms with Crippen molar-refractivity contribution in [1.29, 1.82) is 0 Å². The Hall–Kier alpha value is -1.31. The van der Waals surface area contributed by atoms with Crippen molar-refractivity contribution >= 4 is 66.1 Å². The van der Waals surface area contributed by atoms with Gasteiger partial charge in [0.2, 0.25) is 0 Å². The van der Waals surface area contributed by atoms with E-state index in [1.165, 1.54) is 4.90 Å². The van der Waals surface area contributed by atoms with Gasteiger partial charge in [-0.2, -0.15) is 0 Å².